The van der Waals surface area contributed by atoms with E-state index in [1.165, 1.54) is 196 Å². The van der Waals surface area contributed by atoms with Crippen LogP contribution in [-0.4, -0.2) is 0 Å². The predicted molar refractivity (Wildman–Crippen MR) is 726 cm³/mol. The summed E-state index contributed by atoms with van der Waals surface area (Å²) in [4.78, 5) is 5.32. The maximum absolute atomic E-state index is 14.6. The van der Waals surface area contributed by atoms with Crippen LogP contribution in [0.2, 0.25) is 15.1 Å². The Morgan fingerprint density at radius 3 is 0.692 bits per heavy atom. The second-order valence-electron chi connectivity index (χ2n) is 27.4. The van der Waals surface area contributed by atoms with Crippen molar-refractivity contribution < 1.29 is 35.1 Å². The molecule has 20 rings (SSSR count). The highest BCUT2D eigenvalue weighted by Gasteiger charge is 2.43. The third-order valence-corrected chi connectivity index (χ3v) is 69.1. The molecule has 0 spiro atoms. The Hall–Kier alpha value is 6.23. The molecule has 0 aliphatic carbocycles. The molecule has 0 aliphatic heterocycles. The van der Waals surface area contributed by atoms with Gasteiger partial charge in [0.2, 0.25) is 56.4 Å². The minimum absolute atomic E-state index is 0.0296. The van der Waals surface area contributed by atoms with E-state index in [-0.39, 0.29) is 51.8 Å². The van der Waals surface area contributed by atoms with Gasteiger partial charge in [0.25, 0.3) is 0 Å². The summed E-state index contributed by atoms with van der Waals surface area (Å²) in [7, 11) is -2.49. The summed E-state index contributed by atoms with van der Waals surface area (Å²) in [6, 6.07) is 62.0. The standard InChI is InChI=1S/C18H8Br3I2S.C18H4BrI8S.C18H4ClF8S.C18H4ClI8S.C18H10ClI2S/c19-9-5-14(20)18(15(21)6-9)24-16-3-1-10(22)7-12(16)13-8-11(23)2-4-17(13)24;3*19-5-1-3-6(4-2-5)28-17-7(9(20)11(22)13(24)15(17)26)8-10(21)12(23)14(25)16(27)18(8)28;19-11-1-5-14(6-2-11)22-17-7-3-12(20)9-15(17)16-10-13(21)4-8-18(16)22/h1-8H;3*1-4H;1-10H/q5*+1. The highest BCUT2D eigenvalue weighted by Crippen LogP contribution is 2.62. The van der Waals surface area contributed by atoms with Gasteiger partial charge in [0.05, 0.1) is 55.5 Å². The molecule has 5 heterocycles. The van der Waals surface area contributed by atoms with Gasteiger partial charge in [-0.05, 0) is 666 Å². The molecule has 0 N–H and O–H groups in total. The fourth-order valence-electron chi connectivity index (χ4n) is 14.5. The largest absolute Gasteiger partial charge is 0.229 e. The first-order chi connectivity index (χ1) is 61.6. The van der Waals surface area contributed by atoms with Gasteiger partial charge in [-0.1, -0.05) is 66.7 Å². The lowest BCUT2D eigenvalue weighted by Crippen LogP contribution is -1.98. The number of fused-ring (bicyclic) bond motifs is 15. The van der Waals surface area contributed by atoms with Crippen molar-refractivity contribution >= 4 is 704 Å². The van der Waals surface area contributed by atoms with Gasteiger partial charge >= 0.3 is 0 Å². The summed E-state index contributed by atoms with van der Waals surface area (Å²) >= 11 is 83.0. The van der Waals surface area contributed by atoms with Crippen LogP contribution in [-0.2, 0) is 0 Å². The summed E-state index contributed by atoms with van der Waals surface area (Å²) in [6.07, 6.45) is 0. The smallest absolute Gasteiger partial charge is 0.203 e. The molecular formula is C90H30Br4Cl3F8I20S5+5. The van der Waals surface area contributed by atoms with Crippen LogP contribution in [0, 0.1) is 118 Å². The number of benzene rings is 15. The lowest BCUT2D eigenvalue weighted by Gasteiger charge is -2.06. The first-order valence-corrected chi connectivity index (χ1v) is 67.8. The predicted octanol–water partition coefficient (Wildman–Crippen LogP) is 46.9. The van der Waals surface area contributed by atoms with Gasteiger partial charge in [0.1, 0.15) is 0 Å². The molecule has 0 amide bonds. The molecule has 20 aromatic rings. The van der Waals surface area contributed by atoms with Crippen LogP contribution < -0.4 is 0 Å². The lowest BCUT2D eigenvalue weighted by atomic mass is 10.1. The SMILES string of the molecule is Brc1cc(Br)c(-[s+]2c3ccc(I)cc3c3cc(I)ccc32)c(Br)c1.Brc1ccc(-[s+]2c3c(I)c(I)c(I)c(I)c3c3c(I)c(I)c(I)c(I)c32)cc1.Clc1ccc(-[s+]2c3c(I)c(I)c(I)c(I)c3c3c(I)c(I)c(I)c(I)c32)cc1.Clc1ccc(-[s+]2c3ccc(I)cc3c3cc(I)ccc32)cc1.Fc1c(F)c(F)c2c(c1F)c1c(F)c(F)c(F)c(F)c1[s+]2-c1ccc(Cl)cc1. The monoisotopic (exact) mass is 4380 g/mol. The summed E-state index contributed by atoms with van der Waals surface area (Å²) < 4.78 is 154. The molecule has 0 radical (unpaired) electrons. The zero-order valence-electron chi connectivity index (χ0n) is 62.6. The van der Waals surface area contributed by atoms with E-state index in [9.17, 15) is 35.1 Å². The molecule has 15 aromatic carbocycles. The second-order valence-corrected chi connectivity index (χ2v) is 64.0. The molecule has 0 fully saturated rings. The fraction of sp³-hybridized carbons (Fsp3) is 0. The highest BCUT2D eigenvalue weighted by atomic mass is 127. The lowest BCUT2D eigenvalue weighted by molar-refractivity contribution is 0.416. The van der Waals surface area contributed by atoms with Crippen molar-refractivity contribution in [2.45, 2.75) is 0 Å². The third kappa shape index (κ3) is 20.8. The van der Waals surface area contributed by atoms with Gasteiger partial charge in [-0.2, -0.15) is 8.78 Å². The average molecular weight is 4390 g/mol. The molecule has 0 saturated carbocycles. The van der Waals surface area contributed by atoms with Crippen LogP contribution in [0.25, 0.3) is 125 Å². The molecule has 0 bridgehead atoms. The van der Waals surface area contributed by atoms with E-state index >= 15 is 0 Å². The van der Waals surface area contributed by atoms with Crippen molar-refractivity contribution in [3.05, 3.63) is 333 Å². The summed E-state index contributed by atoms with van der Waals surface area (Å²) in [5.74, 6) is -16.9. The average Bonchev–Trinajstić information content (AvgIpc) is 1.55. The van der Waals surface area contributed by atoms with Crippen LogP contribution in [0.15, 0.2) is 200 Å². The fourth-order valence-corrected chi connectivity index (χ4v) is 50.3. The van der Waals surface area contributed by atoms with E-state index < -0.39 is 77.2 Å². The minimum Gasteiger partial charge on any atom is -0.203 e. The zero-order valence-corrected chi connectivity index (χ0v) is 118. The third-order valence-electron chi connectivity index (χ3n) is 19.9. The molecule has 0 nitrogen and oxygen atoms in total. The van der Waals surface area contributed by atoms with Crippen molar-refractivity contribution in [3.8, 4) is 24.5 Å². The van der Waals surface area contributed by atoms with Crippen molar-refractivity contribution in [3.63, 3.8) is 0 Å². The zero-order chi connectivity index (χ0) is 93.7. The maximum atomic E-state index is 14.6. The quantitative estimate of drug-likeness (QED) is 0.0530. The second kappa shape index (κ2) is 45.6. The van der Waals surface area contributed by atoms with Gasteiger partial charge in [0, 0.05) is 155 Å². The van der Waals surface area contributed by atoms with Crippen molar-refractivity contribution in [1.29, 1.82) is 0 Å². The number of halogens is 35. The van der Waals surface area contributed by atoms with E-state index in [2.05, 4.69) is 649 Å². The number of hydrogen-bond donors (Lipinski definition) is 0. The van der Waals surface area contributed by atoms with E-state index in [1.54, 1.807) is 0 Å². The summed E-state index contributed by atoms with van der Waals surface area (Å²) in [6.45, 7) is 0. The first kappa shape index (κ1) is 109. The van der Waals surface area contributed by atoms with Gasteiger partial charge in [-0.15, -0.1) is 0 Å². The molecule has 130 heavy (non-hydrogen) atoms. The van der Waals surface area contributed by atoms with E-state index in [0.717, 1.165) is 27.9 Å². The molecule has 660 valence electrons. The number of hydrogen-bond acceptors (Lipinski definition) is 0. The Bertz CT molecular complexity index is 7400. The number of rotatable bonds is 5. The molecule has 0 unspecified atom stereocenters. The normalized spacial score (nSPS) is 11.7. The van der Waals surface area contributed by atoms with Crippen molar-refractivity contribution in [2.24, 2.45) is 0 Å². The van der Waals surface area contributed by atoms with E-state index in [1.807, 2.05) is 24.3 Å². The van der Waals surface area contributed by atoms with Gasteiger partial charge in [0.15, 0.2) is 61.7 Å². The Kier molecular flexibility index (Phi) is 38.2. The Morgan fingerprint density at radius 1 is 0.200 bits per heavy atom. The van der Waals surface area contributed by atoms with Crippen LogP contribution in [0.5, 0.6) is 0 Å². The maximum Gasteiger partial charge on any atom is 0.229 e. The molecule has 0 saturated heterocycles. The number of thiophene rings is 5. The van der Waals surface area contributed by atoms with Crippen molar-refractivity contribution in [1.82, 2.24) is 0 Å². The van der Waals surface area contributed by atoms with E-state index in [0.29, 0.717) is 0 Å². The van der Waals surface area contributed by atoms with Gasteiger partial charge in [-0.25, -0.2) is 26.3 Å². The van der Waals surface area contributed by atoms with Crippen molar-refractivity contribution in [2.75, 3.05) is 0 Å². The van der Waals surface area contributed by atoms with Crippen LogP contribution in [0.3, 0.4) is 0 Å². The minimum atomic E-state index is -2.28. The van der Waals surface area contributed by atoms with Gasteiger partial charge in [-0.3, -0.25) is 0 Å². The molecule has 0 atom stereocenters. The Balaban J connectivity index is 0.000000119. The Morgan fingerprint density at radius 2 is 0.423 bits per heavy atom. The highest BCUT2D eigenvalue weighted by molar-refractivity contribution is 14.1. The van der Waals surface area contributed by atoms with Gasteiger partial charge < -0.3 is 0 Å². The molecule has 5 aromatic heterocycles. The topological polar surface area (TPSA) is 0 Å². The molecule has 0 aliphatic rings. The molecular weight excluding hydrogens is 4360 g/mol. The Labute approximate surface area is 1070 Å². The summed E-state index contributed by atoms with van der Waals surface area (Å²) in [5.41, 5.74) is 0. The molecule has 40 heteroatoms. The van der Waals surface area contributed by atoms with Crippen LogP contribution in [0.4, 0.5) is 35.1 Å². The first-order valence-electron chi connectivity index (χ1n) is 35.8. The van der Waals surface area contributed by atoms with Crippen LogP contribution >= 0.6 is 603 Å². The van der Waals surface area contributed by atoms with Crippen LogP contribution in [0.1, 0.15) is 0 Å². The van der Waals surface area contributed by atoms with E-state index in [4.69, 9.17) is 34.8 Å². The summed E-state index contributed by atoms with van der Waals surface area (Å²) in [5, 5.41) is 10.6.